The number of aromatic nitrogens is 1. The number of nitrogens with one attached hydrogen (secondary N) is 2. The lowest BCUT2D eigenvalue weighted by Crippen LogP contribution is -2.23. The summed E-state index contributed by atoms with van der Waals surface area (Å²) in [7, 11) is -2.47. The zero-order valence-electron chi connectivity index (χ0n) is 12.6. The number of carbonyl (C=O) groups excluding carboxylic acids is 1. The van der Waals surface area contributed by atoms with Crippen molar-refractivity contribution in [1.29, 1.82) is 0 Å². The Labute approximate surface area is 129 Å². The molecule has 0 spiro atoms. The van der Waals surface area contributed by atoms with Crippen LogP contribution in [0.4, 0.5) is 0 Å². The number of ether oxygens (including phenoxy) is 1. The average molecular weight is 322 g/mol. The van der Waals surface area contributed by atoms with E-state index in [1.54, 1.807) is 0 Å². The number of esters is 1. The molecule has 0 aliphatic heterocycles. The van der Waals surface area contributed by atoms with Crippen LogP contribution in [0.25, 0.3) is 0 Å². The van der Waals surface area contributed by atoms with Crippen molar-refractivity contribution in [3.63, 3.8) is 0 Å². The van der Waals surface area contributed by atoms with Gasteiger partial charge in [-0.3, -0.25) is 0 Å². The Morgan fingerprint density at radius 1 is 1.27 bits per heavy atom. The Hall–Kier alpha value is -2.12. The molecule has 0 saturated heterocycles. The molecule has 0 unspecified atom stereocenters. The fraction of sp³-hybridized carbons (Fsp3) is 0.267. The molecular formula is C15H18N2O4S. The topological polar surface area (TPSA) is 88.3 Å². The smallest absolute Gasteiger partial charge is 0.354 e. The standard InChI is InChI=1S/C15H18N2O4S/c1-10-4-5-11(2)12(6-10)8-17-22(19,20)13-7-14(16-9-13)15(18)21-3/h4-7,9,16-17H,8H2,1-3H3. The number of rotatable bonds is 5. The van der Waals surface area contributed by atoms with E-state index in [4.69, 9.17) is 0 Å². The molecule has 0 fully saturated rings. The Morgan fingerprint density at radius 2 is 2.00 bits per heavy atom. The molecule has 2 rings (SSSR count). The fourth-order valence-corrected chi connectivity index (χ4v) is 3.00. The lowest BCUT2D eigenvalue weighted by molar-refractivity contribution is 0.0595. The maximum atomic E-state index is 12.2. The summed E-state index contributed by atoms with van der Waals surface area (Å²) in [4.78, 5) is 13.9. The molecule has 0 amide bonds. The molecule has 0 radical (unpaired) electrons. The third kappa shape index (κ3) is 3.55. The summed E-state index contributed by atoms with van der Waals surface area (Å²) in [5.74, 6) is -0.615. The van der Waals surface area contributed by atoms with Gasteiger partial charge >= 0.3 is 5.97 Å². The fourth-order valence-electron chi connectivity index (χ4n) is 2.00. The molecular weight excluding hydrogens is 304 g/mol. The minimum Gasteiger partial charge on any atom is -0.464 e. The second-order valence-electron chi connectivity index (χ2n) is 5.00. The van der Waals surface area contributed by atoms with Crippen LogP contribution in [0.2, 0.25) is 0 Å². The van der Waals surface area contributed by atoms with Gasteiger partial charge in [-0.05, 0) is 31.0 Å². The zero-order valence-corrected chi connectivity index (χ0v) is 13.5. The third-order valence-electron chi connectivity index (χ3n) is 3.33. The van der Waals surface area contributed by atoms with Crippen LogP contribution in [0, 0.1) is 13.8 Å². The Balaban J connectivity index is 2.16. The van der Waals surface area contributed by atoms with Gasteiger partial charge in [0.15, 0.2) is 0 Å². The van der Waals surface area contributed by atoms with Crippen LogP contribution in [0.1, 0.15) is 27.2 Å². The summed E-state index contributed by atoms with van der Waals surface area (Å²) in [6.45, 7) is 4.07. The molecule has 1 aromatic heterocycles. The highest BCUT2D eigenvalue weighted by Gasteiger charge is 2.18. The average Bonchev–Trinajstić information content (AvgIpc) is 2.98. The second-order valence-corrected chi connectivity index (χ2v) is 6.76. The number of methoxy groups -OCH3 is 1. The van der Waals surface area contributed by atoms with Crippen LogP contribution in [-0.2, 0) is 21.3 Å². The molecule has 0 aliphatic carbocycles. The minimum atomic E-state index is -3.70. The summed E-state index contributed by atoms with van der Waals surface area (Å²) in [5.41, 5.74) is 3.08. The van der Waals surface area contributed by atoms with Gasteiger partial charge in [-0.2, -0.15) is 0 Å². The molecule has 0 aliphatic rings. The molecule has 7 heteroatoms. The van der Waals surface area contributed by atoms with E-state index in [9.17, 15) is 13.2 Å². The van der Waals surface area contributed by atoms with Crippen molar-refractivity contribution in [2.75, 3.05) is 7.11 Å². The Morgan fingerprint density at radius 3 is 2.68 bits per heavy atom. The largest absolute Gasteiger partial charge is 0.464 e. The molecule has 6 nitrogen and oxygen atoms in total. The maximum Gasteiger partial charge on any atom is 0.354 e. The van der Waals surface area contributed by atoms with Crippen LogP contribution in [-0.4, -0.2) is 26.5 Å². The van der Waals surface area contributed by atoms with Crippen LogP contribution in [0.3, 0.4) is 0 Å². The van der Waals surface area contributed by atoms with Gasteiger partial charge in [0.2, 0.25) is 10.0 Å². The second kappa shape index (κ2) is 6.33. The Kier molecular flexibility index (Phi) is 4.68. The molecule has 2 N–H and O–H groups in total. The first-order valence-corrected chi connectivity index (χ1v) is 8.14. The lowest BCUT2D eigenvalue weighted by Gasteiger charge is -2.08. The molecule has 0 bridgehead atoms. The van der Waals surface area contributed by atoms with E-state index in [2.05, 4.69) is 14.4 Å². The van der Waals surface area contributed by atoms with Crippen LogP contribution in [0.15, 0.2) is 35.4 Å². The first kappa shape index (κ1) is 16.3. The summed E-state index contributed by atoms with van der Waals surface area (Å²) >= 11 is 0. The summed E-state index contributed by atoms with van der Waals surface area (Å²) in [5, 5.41) is 0. The van der Waals surface area contributed by atoms with Crippen molar-refractivity contribution in [2.24, 2.45) is 0 Å². The van der Waals surface area contributed by atoms with E-state index in [0.717, 1.165) is 16.7 Å². The van der Waals surface area contributed by atoms with Gasteiger partial charge in [0.1, 0.15) is 10.6 Å². The predicted octanol–water partition coefficient (Wildman–Crippen LogP) is 1.90. The van der Waals surface area contributed by atoms with Gasteiger partial charge in [0, 0.05) is 12.7 Å². The van der Waals surface area contributed by atoms with Crippen molar-refractivity contribution in [3.05, 3.63) is 52.8 Å². The number of aryl methyl sites for hydroxylation is 2. The summed E-state index contributed by atoms with van der Waals surface area (Å²) in [6, 6.07) is 7.11. The highest BCUT2D eigenvalue weighted by molar-refractivity contribution is 7.89. The first-order chi connectivity index (χ1) is 10.3. The van der Waals surface area contributed by atoms with Crippen LogP contribution in [0.5, 0.6) is 0 Å². The molecule has 1 heterocycles. The van der Waals surface area contributed by atoms with Gasteiger partial charge in [0.05, 0.1) is 7.11 Å². The van der Waals surface area contributed by atoms with E-state index < -0.39 is 16.0 Å². The molecule has 22 heavy (non-hydrogen) atoms. The van der Waals surface area contributed by atoms with Crippen LogP contribution < -0.4 is 4.72 Å². The highest BCUT2D eigenvalue weighted by atomic mass is 32.2. The number of hydrogen-bond acceptors (Lipinski definition) is 4. The number of hydrogen-bond donors (Lipinski definition) is 2. The third-order valence-corrected chi connectivity index (χ3v) is 4.71. The van der Waals surface area contributed by atoms with Crippen molar-refractivity contribution < 1.29 is 17.9 Å². The monoisotopic (exact) mass is 322 g/mol. The first-order valence-electron chi connectivity index (χ1n) is 6.66. The van der Waals surface area contributed by atoms with E-state index in [1.807, 2.05) is 32.0 Å². The van der Waals surface area contributed by atoms with E-state index in [-0.39, 0.29) is 17.1 Å². The molecule has 0 atom stereocenters. The Bertz CT molecular complexity index is 794. The van der Waals surface area contributed by atoms with E-state index >= 15 is 0 Å². The zero-order chi connectivity index (χ0) is 16.3. The maximum absolute atomic E-state index is 12.2. The van der Waals surface area contributed by atoms with Crippen molar-refractivity contribution >= 4 is 16.0 Å². The molecule has 0 saturated carbocycles. The van der Waals surface area contributed by atoms with Crippen molar-refractivity contribution in [2.45, 2.75) is 25.3 Å². The summed E-state index contributed by atoms with van der Waals surface area (Å²) < 4.78 is 31.6. The van der Waals surface area contributed by atoms with Crippen molar-refractivity contribution in [1.82, 2.24) is 9.71 Å². The van der Waals surface area contributed by atoms with Gasteiger partial charge in [0.25, 0.3) is 0 Å². The number of sulfonamides is 1. The summed E-state index contributed by atoms with van der Waals surface area (Å²) in [6.07, 6.45) is 1.26. The van der Waals surface area contributed by atoms with Gasteiger partial charge in [-0.25, -0.2) is 17.9 Å². The number of aromatic amines is 1. The number of carbonyl (C=O) groups is 1. The van der Waals surface area contributed by atoms with Gasteiger partial charge in [-0.1, -0.05) is 23.8 Å². The van der Waals surface area contributed by atoms with Gasteiger partial charge in [-0.15, -0.1) is 0 Å². The number of H-pyrrole nitrogens is 1. The van der Waals surface area contributed by atoms with E-state index in [1.165, 1.54) is 19.4 Å². The highest BCUT2D eigenvalue weighted by Crippen LogP contribution is 2.14. The SMILES string of the molecule is COC(=O)c1cc(S(=O)(=O)NCc2cc(C)ccc2C)c[nH]1. The molecule has 1 aromatic carbocycles. The molecule has 118 valence electrons. The predicted molar refractivity (Wildman–Crippen MR) is 82.1 cm³/mol. The van der Waals surface area contributed by atoms with E-state index in [0.29, 0.717) is 0 Å². The normalized spacial score (nSPS) is 11.4. The lowest BCUT2D eigenvalue weighted by atomic mass is 10.1. The van der Waals surface area contributed by atoms with Crippen molar-refractivity contribution in [3.8, 4) is 0 Å². The molecule has 2 aromatic rings. The minimum absolute atomic E-state index is 0.00166. The van der Waals surface area contributed by atoms with Gasteiger partial charge < -0.3 is 9.72 Å². The van der Waals surface area contributed by atoms with Crippen LogP contribution >= 0.6 is 0 Å². The number of benzene rings is 1. The quantitative estimate of drug-likeness (QED) is 0.823.